The lowest BCUT2D eigenvalue weighted by atomic mass is 10.1. The topological polar surface area (TPSA) is 59.0 Å². The Morgan fingerprint density at radius 3 is 3.16 bits per heavy atom. The van der Waals surface area contributed by atoms with E-state index in [0.29, 0.717) is 18.3 Å². The number of carbonyl (C=O) groups is 1. The van der Waals surface area contributed by atoms with Crippen LogP contribution in [0, 0.1) is 5.92 Å². The number of aryl methyl sites for hydroxylation is 1. The van der Waals surface area contributed by atoms with E-state index in [9.17, 15) is 4.79 Å². The highest BCUT2D eigenvalue weighted by molar-refractivity contribution is 5.75. The first-order chi connectivity index (χ1) is 9.16. The molecule has 2 rings (SSSR count). The minimum absolute atomic E-state index is 0.123. The summed E-state index contributed by atoms with van der Waals surface area (Å²) in [6, 6.07) is 0. The second kappa shape index (κ2) is 6.70. The molecule has 0 spiro atoms. The number of carbonyl (C=O) groups excluding carboxylic acids is 1. The van der Waals surface area contributed by atoms with Crippen molar-refractivity contribution < 1.29 is 4.79 Å². The van der Waals surface area contributed by atoms with Crippen LogP contribution in [0.25, 0.3) is 0 Å². The molecule has 0 radical (unpaired) electrons. The fraction of sp³-hybridized carbons (Fsp3) is 0.714. The highest BCUT2D eigenvalue weighted by Gasteiger charge is 2.20. The average molecular weight is 264 g/mol. The normalized spacial score (nSPS) is 19.0. The van der Waals surface area contributed by atoms with Crippen LogP contribution >= 0.6 is 0 Å². The Hall–Kier alpha value is -1.36. The molecule has 1 aromatic rings. The second-order valence-corrected chi connectivity index (χ2v) is 5.65. The lowest BCUT2D eigenvalue weighted by Crippen LogP contribution is -2.28. The van der Waals surface area contributed by atoms with Crippen LogP contribution in [0.4, 0.5) is 0 Å². The van der Waals surface area contributed by atoms with Crippen LogP contribution < -0.4 is 10.6 Å². The lowest BCUT2D eigenvalue weighted by molar-refractivity contribution is -0.121. The fourth-order valence-electron chi connectivity index (χ4n) is 2.39. The molecular formula is C14H24N4O. The summed E-state index contributed by atoms with van der Waals surface area (Å²) in [5.74, 6) is 1.16. The van der Waals surface area contributed by atoms with Gasteiger partial charge in [-0.3, -0.25) is 4.79 Å². The molecular weight excluding hydrogens is 240 g/mol. The summed E-state index contributed by atoms with van der Waals surface area (Å²) in [6.07, 6.45) is 5.45. The zero-order valence-corrected chi connectivity index (χ0v) is 11.9. The third-order valence-corrected chi connectivity index (χ3v) is 3.51. The van der Waals surface area contributed by atoms with Gasteiger partial charge in [-0.25, -0.2) is 4.98 Å². The molecule has 19 heavy (non-hydrogen) atoms. The van der Waals surface area contributed by atoms with Gasteiger partial charge in [0.25, 0.3) is 0 Å². The average Bonchev–Trinajstić information content (AvgIpc) is 3.03. The Bertz CT molecular complexity index is 407. The number of amides is 1. The van der Waals surface area contributed by atoms with Crippen LogP contribution in [0.2, 0.25) is 0 Å². The maximum atomic E-state index is 11.7. The first kappa shape index (κ1) is 14.1. The van der Waals surface area contributed by atoms with E-state index in [1.807, 2.05) is 12.5 Å². The van der Waals surface area contributed by atoms with E-state index in [-0.39, 0.29) is 5.91 Å². The number of aromatic nitrogens is 2. The van der Waals surface area contributed by atoms with Crippen LogP contribution in [0.15, 0.2) is 12.5 Å². The smallest absolute Gasteiger partial charge is 0.221 e. The number of nitrogens with zero attached hydrogens (tertiary/aromatic N) is 2. The number of hydrogen-bond donors (Lipinski definition) is 2. The molecule has 1 atom stereocenters. The van der Waals surface area contributed by atoms with Gasteiger partial charge in [0.05, 0.1) is 6.33 Å². The highest BCUT2D eigenvalue weighted by atomic mass is 16.1. The monoisotopic (exact) mass is 264 g/mol. The maximum absolute atomic E-state index is 11.7. The molecule has 5 heteroatoms. The lowest BCUT2D eigenvalue weighted by Gasteiger charge is -2.13. The molecule has 1 amide bonds. The minimum Gasteiger partial charge on any atom is -0.356 e. The molecule has 1 fully saturated rings. The summed E-state index contributed by atoms with van der Waals surface area (Å²) in [7, 11) is 0. The van der Waals surface area contributed by atoms with E-state index in [0.717, 1.165) is 32.6 Å². The van der Waals surface area contributed by atoms with Crippen LogP contribution in [0.3, 0.4) is 0 Å². The standard InChI is InChI=1S/C14H24N4O/c1-11(2)7-17-14(19)4-6-18-10-16-9-13(18)12-3-5-15-8-12/h9-12,15H,3-8H2,1-2H3,(H,17,19). The summed E-state index contributed by atoms with van der Waals surface area (Å²) in [5.41, 5.74) is 1.25. The summed E-state index contributed by atoms with van der Waals surface area (Å²) < 4.78 is 2.12. The zero-order valence-electron chi connectivity index (χ0n) is 11.9. The molecule has 1 aliphatic heterocycles. The van der Waals surface area contributed by atoms with Crippen molar-refractivity contribution in [1.82, 2.24) is 20.2 Å². The SMILES string of the molecule is CC(C)CNC(=O)CCn1cncc1C1CCNC1. The molecule has 1 saturated heterocycles. The number of hydrogen-bond acceptors (Lipinski definition) is 3. The van der Waals surface area contributed by atoms with Crippen molar-refractivity contribution in [1.29, 1.82) is 0 Å². The third-order valence-electron chi connectivity index (χ3n) is 3.51. The quantitative estimate of drug-likeness (QED) is 0.809. The molecule has 1 aliphatic rings. The number of imidazole rings is 1. The molecule has 0 saturated carbocycles. The van der Waals surface area contributed by atoms with Crippen molar-refractivity contribution in [3.05, 3.63) is 18.2 Å². The zero-order chi connectivity index (χ0) is 13.7. The van der Waals surface area contributed by atoms with Gasteiger partial charge >= 0.3 is 0 Å². The Morgan fingerprint density at radius 2 is 2.47 bits per heavy atom. The highest BCUT2D eigenvalue weighted by Crippen LogP contribution is 2.21. The molecule has 0 aliphatic carbocycles. The maximum Gasteiger partial charge on any atom is 0.221 e. The van der Waals surface area contributed by atoms with Crippen molar-refractivity contribution in [2.24, 2.45) is 5.92 Å². The van der Waals surface area contributed by atoms with E-state index in [1.54, 1.807) is 0 Å². The molecule has 1 aromatic heterocycles. The van der Waals surface area contributed by atoms with Gasteiger partial charge in [0.2, 0.25) is 5.91 Å². The van der Waals surface area contributed by atoms with E-state index in [2.05, 4.69) is 34.0 Å². The fourth-order valence-corrected chi connectivity index (χ4v) is 2.39. The van der Waals surface area contributed by atoms with Gasteiger partial charge in [-0.15, -0.1) is 0 Å². The van der Waals surface area contributed by atoms with E-state index in [1.165, 1.54) is 5.69 Å². The van der Waals surface area contributed by atoms with E-state index >= 15 is 0 Å². The van der Waals surface area contributed by atoms with Crippen molar-refractivity contribution in [2.75, 3.05) is 19.6 Å². The van der Waals surface area contributed by atoms with Crippen molar-refractivity contribution in [3.63, 3.8) is 0 Å². The molecule has 1 unspecified atom stereocenters. The molecule has 0 bridgehead atoms. The predicted molar refractivity (Wildman–Crippen MR) is 74.9 cm³/mol. The van der Waals surface area contributed by atoms with Gasteiger partial charge in [0.1, 0.15) is 0 Å². The minimum atomic E-state index is 0.123. The predicted octanol–water partition coefficient (Wildman–Crippen LogP) is 1.12. The van der Waals surface area contributed by atoms with Gasteiger partial charge in [-0.1, -0.05) is 13.8 Å². The summed E-state index contributed by atoms with van der Waals surface area (Å²) >= 11 is 0. The molecule has 106 valence electrons. The summed E-state index contributed by atoms with van der Waals surface area (Å²) in [5, 5.41) is 6.31. The van der Waals surface area contributed by atoms with Gasteiger partial charge in [0.15, 0.2) is 0 Å². The van der Waals surface area contributed by atoms with Crippen LogP contribution in [-0.2, 0) is 11.3 Å². The van der Waals surface area contributed by atoms with E-state index in [4.69, 9.17) is 0 Å². The number of nitrogens with one attached hydrogen (secondary N) is 2. The largest absolute Gasteiger partial charge is 0.356 e. The first-order valence-electron chi connectivity index (χ1n) is 7.14. The Morgan fingerprint density at radius 1 is 1.63 bits per heavy atom. The number of rotatable bonds is 6. The van der Waals surface area contributed by atoms with Gasteiger partial charge in [0, 0.05) is 43.9 Å². The first-order valence-corrected chi connectivity index (χ1v) is 7.14. The summed E-state index contributed by atoms with van der Waals surface area (Å²) in [6.45, 7) is 7.76. The van der Waals surface area contributed by atoms with E-state index < -0.39 is 0 Å². The Balaban J connectivity index is 1.82. The van der Waals surface area contributed by atoms with Crippen LogP contribution in [0.5, 0.6) is 0 Å². The Kier molecular flexibility index (Phi) is 4.96. The van der Waals surface area contributed by atoms with Gasteiger partial charge in [-0.2, -0.15) is 0 Å². The molecule has 5 nitrogen and oxygen atoms in total. The van der Waals surface area contributed by atoms with Gasteiger partial charge in [-0.05, 0) is 18.9 Å². The van der Waals surface area contributed by atoms with Crippen molar-refractivity contribution in [2.45, 2.75) is 39.2 Å². The van der Waals surface area contributed by atoms with Crippen LogP contribution in [0.1, 0.15) is 38.3 Å². The van der Waals surface area contributed by atoms with Crippen molar-refractivity contribution in [3.8, 4) is 0 Å². The molecule has 2 N–H and O–H groups in total. The van der Waals surface area contributed by atoms with Crippen molar-refractivity contribution >= 4 is 5.91 Å². The molecule has 2 heterocycles. The second-order valence-electron chi connectivity index (χ2n) is 5.65. The molecule has 0 aromatic carbocycles. The summed E-state index contributed by atoms with van der Waals surface area (Å²) in [4.78, 5) is 15.9. The van der Waals surface area contributed by atoms with Gasteiger partial charge < -0.3 is 15.2 Å². The third kappa shape index (κ3) is 4.06. The Labute approximate surface area is 114 Å². The van der Waals surface area contributed by atoms with Crippen LogP contribution in [-0.4, -0.2) is 35.1 Å².